The van der Waals surface area contributed by atoms with E-state index in [2.05, 4.69) is 15.5 Å². The summed E-state index contributed by atoms with van der Waals surface area (Å²) >= 11 is 0.311. The molecule has 0 aromatic carbocycles. The predicted molar refractivity (Wildman–Crippen MR) is 61.4 cm³/mol. The molecule has 0 atom stereocenters. The van der Waals surface area contributed by atoms with Crippen molar-refractivity contribution in [2.75, 3.05) is 0 Å². The lowest BCUT2D eigenvalue weighted by Crippen LogP contribution is -2.35. The van der Waals surface area contributed by atoms with Crippen molar-refractivity contribution in [2.45, 2.75) is 51.1 Å². The van der Waals surface area contributed by atoms with Crippen LogP contribution >= 0.6 is 11.3 Å². The van der Waals surface area contributed by atoms with Crippen LogP contribution in [0.2, 0.25) is 0 Å². The SMILES string of the molecule is CC(C)(C)NCc1nnc(C(C(F)(F)F)C(F)(F)F)s1. The summed E-state index contributed by atoms with van der Waals surface area (Å²) < 4.78 is 74.9. The van der Waals surface area contributed by atoms with Crippen LogP contribution < -0.4 is 5.32 Å². The van der Waals surface area contributed by atoms with Crippen LogP contribution in [0.25, 0.3) is 0 Å². The number of hydrogen-bond donors (Lipinski definition) is 1. The van der Waals surface area contributed by atoms with E-state index in [1.54, 1.807) is 0 Å². The standard InChI is InChI=1S/C10H13F6N3S/c1-8(2,3)17-4-5-18-19-7(20-5)6(9(11,12)13)10(14,15)16/h6,17H,4H2,1-3H3. The Hall–Kier alpha value is -0.900. The van der Waals surface area contributed by atoms with Crippen LogP contribution in [-0.4, -0.2) is 28.1 Å². The van der Waals surface area contributed by atoms with E-state index in [-0.39, 0.29) is 17.1 Å². The lowest BCUT2D eigenvalue weighted by Gasteiger charge is -2.20. The Kier molecular flexibility index (Phi) is 4.69. The fourth-order valence-electron chi connectivity index (χ4n) is 1.26. The van der Waals surface area contributed by atoms with Gasteiger partial charge in [-0.15, -0.1) is 10.2 Å². The van der Waals surface area contributed by atoms with E-state index < -0.39 is 23.3 Å². The number of nitrogens with one attached hydrogen (secondary N) is 1. The van der Waals surface area contributed by atoms with Crippen molar-refractivity contribution in [3.8, 4) is 0 Å². The summed E-state index contributed by atoms with van der Waals surface area (Å²) in [5.41, 5.74) is -0.334. The van der Waals surface area contributed by atoms with Crippen LogP contribution in [0.4, 0.5) is 26.3 Å². The maximum Gasteiger partial charge on any atom is 0.406 e. The van der Waals surface area contributed by atoms with Crippen molar-refractivity contribution < 1.29 is 26.3 Å². The molecule has 0 amide bonds. The zero-order chi connectivity index (χ0) is 15.8. The molecule has 0 aliphatic heterocycles. The Labute approximate surface area is 115 Å². The summed E-state index contributed by atoms with van der Waals surface area (Å²) in [6.45, 7) is 5.49. The van der Waals surface area contributed by atoms with Crippen molar-refractivity contribution in [2.24, 2.45) is 0 Å². The second kappa shape index (κ2) is 5.47. The third-order valence-electron chi connectivity index (χ3n) is 2.15. The first-order valence-corrected chi connectivity index (χ1v) is 6.33. The zero-order valence-corrected chi connectivity index (χ0v) is 11.7. The van der Waals surface area contributed by atoms with Gasteiger partial charge in [-0.3, -0.25) is 0 Å². The molecule has 116 valence electrons. The smallest absolute Gasteiger partial charge is 0.306 e. The van der Waals surface area contributed by atoms with E-state index in [4.69, 9.17) is 0 Å². The molecule has 0 saturated carbocycles. The molecule has 20 heavy (non-hydrogen) atoms. The minimum atomic E-state index is -5.44. The predicted octanol–water partition coefficient (Wildman–Crippen LogP) is 3.63. The molecule has 3 nitrogen and oxygen atoms in total. The van der Waals surface area contributed by atoms with E-state index in [0.29, 0.717) is 11.3 Å². The monoisotopic (exact) mass is 321 g/mol. The second-order valence-corrected chi connectivity index (χ2v) is 6.25. The lowest BCUT2D eigenvalue weighted by molar-refractivity contribution is -0.253. The van der Waals surface area contributed by atoms with Gasteiger partial charge in [-0.25, -0.2) is 0 Å². The number of hydrogen-bond acceptors (Lipinski definition) is 4. The highest BCUT2D eigenvalue weighted by atomic mass is 32.1. The molecule has 1 aromatic heterocycles. The van der Waals surface area contributed by atoms with Gasteiger partial charge in [-0.2, -0.15) is 26.3 Å². The lowest BCUT2D eigenvalue weighted by atomic mass is 10.1. The van der Waals surface area contributed by atoms with Crippen LogP contribution in [-0.2, 0) is 6.54 Å². The van der Waals surface area contributed by atoms with E-state index in [9.17, 15) is 26.3 Å². The molecule has 0 radical (unpaired) electrons. The number of nitrogens with zero attached hydrogens (tertiary/aromatic N) is 2. The minimum Gasteiger partial charge on any atom is -0.306 e. The summed E-state index contributed by atoms with van der Waals surface area (Å²) in [4.78, 5) is 0. The molecule has 1 N–H and O–H groups in total. The third-order valence-corrected chi connectivity index (χ3v) is 3.14. The fourth-order valence-corrected chi connectivity index (χ4v) is 2.20. The molecule has 0 spiro atoms. The van der Waals surface area contributed by atoms with Crippen molar-refractivity contribution in [1.82, 2.24) is 15.5 Å². The van der Waals surface area contributed by atoms with Gasteiger partial charge in [-0.1, -0.05) is 11.3 Å². The van der Waals surface area contributed by atoms with Gasteiger partial charge in [0.2, 0.25) is 5.92 Å². The van der Waals surface area contributed by atoms with Crippen molar-refractivity contribution in [1.29, 1.82) is 0 Å². The number of alkyl halides is 6. The average molecular weight is 321 g/mol. The largest absolute Gasteiger partial charge is 0.406 e. The Bertz CT molecular complexity index is 431. The summed E-state index contributed by atoms with van der Waals surface area (Å²) in [5, 5.41) is 8.32. The van der Waals surface area contributed by atoms with Gasteiger partial charge >= 0.3 is 12.4 Å². The van der Waals surface area contributed by atoms with Crippen LogP contribution in [0.1, 0.15) is 36.7 Å². The first-order chi connectivity index (χ1) is 8.81. The quantitative estimate of drug-likeness (QED) is 0.864. The number of rotatable bonds is 3. The van der Waals surface area contributed by atoms with E-state index in [1.165, 1.54) is 0 Å². The van der Waals surface area contributed by atoms with E-state index >= 15 is 0 Å². The Morgan fingerprint density at radius 2 is 1.50 bits per heavy atom. The molecule has 1 rings (SSSR count). The average Bonchev–Trinajstić information content (AvgIpc) is 2.57. The summed E-state index contributed by atoms with van der Waals surface area (Å²) in [7, 11) is 0. The second-order valence-electron chi connectivity index (χ2n) is 5.15. The van der Waals surface area contributed by atoms with Crippen LogP contribution in [0.3, 0.4) is 0 Å². The highest BCUT2D eigenvalue weighted by Gasteiger charge is 2.59. The van der Waals surface area contributed by atoms with E-state index in [1.807, 2.05) is 20.8 Å². The van der Waals surface area contributed by atoms with Crippen LogP contribution in [0.15, 0.2) is 0 Å². The molecule has 0 unspecified atom stereocenters. The summed E-state index contributed by atoms with van der Waals surface area (Å²) in [6.07, 6.45) is -10.9. The summed E-state index contributed by atoms with van der Waals surface area (Å²) in [6, 6.07) is 0. The molecule has 0 fully saturated rings. The van der Waals surface area contributed by atoms with Gasteiger partial charge in [0.05, 0.1) is 6.54 Å². The van der Waals surface area contributed by atoms with Crippen molar-refractivity contribution in [3.63, 3.8) is 0 Å². The van der Waals surface area contributed by atoms with Gasteiger partial charge in [0, 0.05) is 5.54 Å². The minimum absolute atomic E-state index is 0.0591. The van der Waals surface area contributed by atoms with Gasteiger partial charge < -0.3 is 5.32 Å². The molecule has 1 heterocycles. The highest BCUT2D eigenvalue weighted by Crippen LogP contribution is 2.46. The number of halogens is 6. The normalized spacial score (nSPS) is 14.1. The maximum absolute atomic E-state index is 12.5. The van der Waals surface area contributed by atoms with Crippen molar-refractivity contribution in [3.05, 3.63) is 10.0 Å². The molecule has 10 heteroatoms. The maximum atomic E-state index is 12.5. The van der Waals surface area contributed by atoms with Crippen LogP contribution in [0.5, 0.6) is 0 Å². The van der Waals surface area contributed by atoms with Crippen molar-refractivity contribution >= 4 is 11.3 Å². The zero-order valence-electron chi connectivity index (χ0n) is 10.9. The van der Waals surface area contributed by atoms with E-state index in [0.717, 1.165) is 0 Å². The summed E-state index contributed by atoms with van der Waals surface area (Å²) in [5.74, 6) is -3.59. The highest BCUT2D eigenvalue weighted by molar-refractivity contribution is 7.11. The molecule has 0 aliphatic carbocycles. The number of aromatic nitrogens is 2. The van der Waals surface area contributed by atoms with Gasteiger partial charge in [0.1, 0.15) is 10.0 Å². The molecule has 0 aliphatic rings. The molecule has 0 bridgehead atoms. The first-order valence-electron chi connectivity index (χ1n) is 5.51. The Morgan fingerprint density at radius 3 is 1.90 bits per heavy atom. The molecule has 1 aromatic rings. The first kappa shape index (κ1) is 17.2. The Morgan fingerprint density at radius 1 is 1.00 bits per heavy atom. The van der Waals surface area contributed by atoms with Crippen LogP contribution in [0, 0.1) is 0 Å². The molecular weight excluding hydrogens is 308 g/mol. The fraction of sp³-hybridized carbons (Fsp3) is 0.800. The molecular formula is C10H13F6N3S. The van der Waals surface area contributed by atoms with Gasteiger partial charge in [-0.05, 0) is 20.8 Å². The van der Waals surface area contributed by atoms with Gasteiger partial charge in [0.15, 0.2) is 0 Å². The Balaban J connectivity index is 2.93. The third kappa shape index (κ3) is 4.89. The topological polar surface area (TPSA) is 37.8 Å². The molecule has 0 saturated heterocycles. The van der Waals surface area contributed by atoms with Gasteiger partial charge in [0.25, 0.3) is 0 Å².